The fraction of sp³-hybridized carbons (Fsp3) is 0.562. The molecule has 2 heteroatoms. The lowest BCUT2D eigenvalue weighted by atomic mass is 10.0. The van der Waals surface area contributed by atoms with Crippen LogP contribution >= 0.6 is 0 Å². The summed E-state index contributed by atoms with van der Waals surface area (Å²) in [5.74, 6) is 0.839. The monoisotopic (exact) mass is 242 g/mol. The number of hydrogen-bond acceptors (Lipinski definition) is 2. The second kappa shape index (κ2) is 7.06. The molecule has 0 spiro atoms. The third kappa shape index (κ3) is 4.07. The Labute approximate surface area is 110 Å². The lowest BCUT2D eigenvalue weighted by Gasteiger charge is -2.15. The van der Waals surface area contributed by atoms with E-state index in [1.165, 1.54) is 44.2 Å². The maximum atomic E-state index is 8.62. The highest BCUT2D eigenvalue weighted by Crippen LogP contribution is 2.23. The molecule has 0 heterocycles. The van der Waals surface area contributed by atoms with Crippen LogP contribution in [0.5, 0.6) is 0 Å². The molecule has 0 aromatic heterocycles. The van der Waals surface area contributed by atoms with Gasteiger partial charge < -0.3 is 5.32 Å². The highest BCUT2D eigenvalue weighted by Gasteiger charge is 2.11. The van der Waals surface area contributed by atoms with Crippen molar-refractivity contribution in [2.75, 3.05) is 11.9 Å². The summed E-state index contributed by atoms with van der Waals surface area (Å²) >= 11 is 0. The summed E-state index contributed by atoms with van der Waals surface area (Å²) in [4.78, 5) is 0. The molecular weight excluding hydrogens is 220 g/mol. The zero-order chi connectivity index (χ0) is 12.6. The van der Waals surface area contributed by atoms with Crippen molar-refractivity contribution in [3.63, 3.8) is 0 Å². The lowest BCUT2D eigenvalue weighted by molar-refractivity contribution is 0.483. The molecule has 0 radical (unpaired) electrons. The molecule has 1 saturated carbocycles. The van der Waals surface area contributed by atoms with Gasteiger partial charge in [0.25, 0.3) is 0 Å². The molecule has 0 aliphatic heterocycles. The first-order chi connectivity index (χ1) is 8.88. The Morgan fingerprint density at radius 3 is 2.33 bits per heavy atom. The fourth-order valence-electron chi connectivity index (χ4n) is 2.66. The highest BCUT2D eigenvalue weighted by atomic mass is 14.9. The van der Waals surface area contributed by atoms with E-state index in [0.717, 1.165) is 18.0 Å². The van der Waals surface area contributed by atoms with Crippen molar-refractivity contribution in [2.24, 2.45) is 5.92 Å². The van der Waals surface area contributed by atoms with E-state index in [1.54, 1.807) is 0 Å². The maximum Gasteiger partial charge on any atom is 0.0669 e. The number of anilines is 1. The minimum atomic E-state index is 0.503. The molecule has 0 atom stereocenters. The third-order valence-electron chi connectivity index (χ3n) is 3.81. The smallest absolute Gasteiger partial charge is 0.0669 e. The van der Waals surface area contributed by atoms with Gasteiger partial charge in [-0.15, -0.1) is 0 Å². The second-order valence-electron chi connectivity index (χ2n) is 5.27. The largest absolute Gasteiger partial charge is 0.385 e. The summed E-state index contributed by atoms with van der Waals surface area (Å²) in [7, 11) is 0. The molecule has 0 bridgehead atoms. The van der Waals surface area contributed by atoms with Crippen LogP contribution in [0.25, 0.3) is 0 Å². The first-order valence-corrected chi connectivity index (χ1v) is 7.08. The van der Waals surface area contributed by atoms with Gasteiger partial charge in [-0.25, -0.2) is 0 Å². The molecule has 2 nitrogen and oxygen atoms in total. The van der Waals surface area contributed by atoms with Crippen LogP contribution in [0.2, 0.25) is 0 Å². The van der Waals surface area contributed by atoms with Gasteiger partial charge in [0.15, 0.2) is 0 Å². The summed E-state index contributed by atoms with van der Waals surface area (Å²) in [6.07, 6.45) is 8.88. The number of rotatable bonds is 4. The minimum absolute atomic E-state index is 0.503. The number of nitriles is 1. The number of benzene rings is 1. The van der Waals surface area contributed by atoms with E-state index in [1.807, 2.05) is 12.1 Å². The number of nitrogens with zero attached hydrogens (tertiary/aromatic N) is 1. The standard InChI is InChI=1S/C16H22N2/c17-12-11-14-7-9-16(10-8-14)18-13-15-5-3-1-2-4-6-15/h7-10,15,18H,1-6,11,13H2. The van der Waals surface area contributed by atoms with Crippen LogP contribution in [-0.2, 0) is 6.42 Å². The summed E-state index contributed by atoms with van der Waals surface area (Å²) < 4.78 is 0. The molecule has 1 aliphatic carbocycles. The average Bonchev–Trinajstić information content (AvgIpc) is 2.67. The van der Waals surface area contributed by atoms with Crippen molar-refractivity contribution in [2.45, 2.75) is 44.9 Å². The summed E-state index contributed by atoms with van der Waals surface area (Å²) in [5.41, 5.74) is 2.28. The van der Waals surface area contributed by atoms with Crippen molar-refractivity contribution in [1.29, 1.82) is 5.26 Å². The Morgan fingerprint density at radius 1 is 1.06 bits per heavy atom. The summed E-state index contributed by atoms with van der Waals surface area (Å²) in [6.45, 7) is 1.09. The topological polar surface area (TPSA) is 35.8 Å². The van der Waals surface area contributed by atoms with Crippen molar-refractivity contribution >= 4 is 5.69 Å². The molecule has 1 fully saturated rings. The quantitative estimate of drug-likeness (QED) is 0.806. The van der Waals surface area contributed by atoms with Gasteiger partial charge in [0.2, 0.25) is 0 Å². The third-order valence-corrected chi connectivity index (χ3v) is 3.81. The number of nitrogens with one attached hydrogen (secondary N) is 1. The Balaban J connectivity index is 1.80. The van der Waals surface area contributed by atoms with Crippen LogP contribution in [0.15, 0.2) is 24.3 Å². The van der Waals surface area contributed by atoms with Gasteiger partial charge in [-0.2, -0.15) is 5.26 Å². The van der Waals surface area contributed by atoms with Crippen LogP contribution in [0.1, 0.15) is 44.1 Å². The Bertz CT molecular complexity index is 381. The van der Waals surface area contributed by atoms with Gasteiger partial charge >= 0.3 is 0 Å². The molecular formula is C16H22N2. The van der Waals surface area contributed by atoms with Gasteiger partial charge in [-0.05, 0) is 36.5 Å². The zero-order valence-electron chi connectivity index (χ0n) is 11.0. The van der Waals surface area contributed by atoms with Crippen LogP contribution in [0.3, 0.4) is 0 Å². The van der Waals surface area contributed by atoms with Gasteiger partial charge in [0.05, 0.1) is 12.5 Å². The highest BCUT2D eigenvalue weighted by molar-refractivity contribution is 5.45. The van der Waals surface area contributed by atoms with Gasteiger partial charge in [0, 0.05) is 12.2 Å². The van der Waals surface area contributed by atoms with E-state index in [0.29, 0.717) is 6.42 Å². The SMILES string of the molecule is N#CCc1ccc(NCC2CCCCCC2)cc1. The first kappa shape index (κ1) is 13.0. The molecule has 1 aliphatic rings. The van der Waals surface area contributed by atoms with Crippen molar-refractivity contribution in [3.8, 4) is 6.07 Å². The lowest BCUT2D eigenvalue weighted by Crippen LogP contribution is -2.13. The van der Waals surface area contributed by atoms with Crippen LogP contribution in [-0.4, -0.2) is 6.54 Å². The second-order valence-corrected chi connectivity index (χ2v) is 5.27. The Morgan fingerprint density at radius 2 is 1.72 bits per heavy atom. The van der Waals surface area contributed by atoms with Gasteiger partial charge in [-0.1, -0.05) is 37.8 Å². The summed E-state index contributed by atoms with van der Waals surface area (Å²) in [5, 5.41) is 12.2. The van der Waals surface area contributed by atoms with Crippen molar-refractivity contribution in [3.05, 3.63) is 29.8 Å². The predicted molar refractivity (Wildman–Crippen MR) is 75.4 cm³/mol. The van der Waals surface area contributed by atoms with Crippen LogP contribution in [0, 0.1) is 17.2 Å². The molecule has 96 valence electrons. The van der Waals surface area contributed by atoms with E-state index in [2.05, 4.69) is 23.5 Å². The van der Waals surface area contributed by atoms with E-state index < -0.39 is 0 Å². The summed E-state index contributed by atoms with van der Waals surface area (Å²) in [6, 6.07) is 10.4. The molecule has 0 amide bonds. The van der Waals surface area contributed by atoms with E-state index in [9.17, 15) is 0 Å². The predicted octanol–water partition coefficient (Wildman–Crippen LogP) is 4.13. The first-order valence-electron chi connectivity index (χ1n) is 7.08. The molecule has 18 heavy (non-hydrogen) atoms. The van der Waals surface area contributed by atoms with E-state index in [4.69, 9.17) is 5.26 Å². The van der Waals surface area contributed by atoms with Crippen LogP contribution < -0.4 is 5.32 Å². The Kier molecular flexibility index (Phi) is 5.08. The normalized spacial score (nSPS) is 16.8. The molecule has 1 aromatic carbocycles. The van der Waals surface area contributed by atoms with Gasteiger partial charge in [-0.3, -0.25) is 0 Å². The molecule has 0 unspecified atom stereocenters. The number of hydrogen-bond donors (Lipinski definition) is 1. The zero-order valence-corrected chi connectivity index (χ0v) is 11.0. The van der Waals surface area contributed by atoms with Gasteiger partial charge in [0.1, 0.15) is 0 Å². The van der Waals surface area contributed by atoms with Crippen molar-refractivity contribution in [1.82, 2.24) is 0 Å². The molecule has 2 rings (SSSR count). The molecule has 1 N–H and O–H groups in total. The average molecular weight is 242 g/mol. The minimum Gasteiger partial charge on any atom is -0.385 e. The van der Waals surface area contributed by atoms with Crippen LogP contribution in [0.4, 0.5) is 5.69 Å². The Hall–Kier alpha value is -1.49. The van der Waals surface area contributed by atoms with E-state index >= 15 is 0 Å². The van der Waals surface area contributed by atoms with Crippen molar-refractivity contribution < 1.29 is 0 Å². The molecule has 1 aromatic rings. The molecule has 0 saturated heterocycles. The maximum absolute atomic E-state index is 8.62. The van der Waals surface area contributed by atoms with E-state index in [-0.39, 0.29) is 0 Å². The fourth-order valence-corrected chi connectivity index (χ4v) is 2.66.